The predicted octanol–water partition coefficient (Wildman–Crippen LogP) is 3.47. The fraction of sp³-hybridized carbons (Fsp3) is 0.533. The highest BCUT2D eigenvalue weighted by atomic mass is 32.2. The minimum absolute atomic E-state index is 0.0436. The monoisotopic (exact) mass is 283 g/mol. The van der Waals surface area contributed by atoms with Gasteiger partial charge in [-0.2, -0.15) is 11.8 Å². The zero-order valence-electron chi connectivity index (χ0n) is 12.0. The Balaban J connectivity index is 2.78. The zero-order valence-corrected chi connectivity index (χ0v) is 12.8. The molecule has 0 saturated carbocycles. The van der Waals surface area contributed by atoms with E-state index in [0.717, 1.165) is 12.2 Å². The van der Waals surface area contributed by atoms with Gasteiger partial charge in [-0.15, -0.1) is 0 Å². The van der Waals surface area contributed by atoms with Gasteiger partial charge in [-0.05, 0) is 50.9 Å². The second kappa shape index (κ2) is 7.65. The van der Waals surface area contributed by atoms with Gasteiger partial charge in [-0.3, -0.25) is 9.69 Å². The number of nitrogens with zero attached hydrogens (tertiary/aromatic N) is 1. The molecule has 2 unspecified atom stereocenters. The summed E-state index contributed by atoms with van der Waals surface area (Å²) < 4.78 is 12.9. The first-order valence-corrected chi connectivity index (χ1v) is 7.91. The number of rotatable bonds is 7. The summed E-state index contributed by atoms with van der Waals surface area (Å²) in [6, 6.07) is 5.96. The molecule has 0 spiro atoms. The molecule has 2 atom stereocenters. The lowest BCUT2D eigenvalue weighted by Crippen LogP contribution is -2.44. The van der Waals surface area contributed by atoms with Gasteiger partial charge in [0.2, 0.25) is 0 Å². The zero-order chi connectivity index (χ0) is 14.4. The molecule has 1 aromatic rings. The van der Waals surface area contributed by atoms with Gasteiger partial charge in [0.1, 0.15) is 5.82 Å². The van der Waals surface area contributed by atoms with Crippen molar-refractivity contribution < 1.29 is 9.18 Å². The molecule has 2 nitrogen and oxygen atoms in total. The van der Waals surface area contributed by atoms with Crippen LogP contribution < -0.4 is 0 Å². The van der Waals surface area contributed by atoms with Crippen molar-refractivity contribution in [1.82, 2.24) is 4.90 Å². The number of hydrogen-bond acceptors (Lipinski definition) is 3. The Hall–Kier alpha value is -0.870. The number of ketones is 1. The van der Waals surface area contributed by atoms with E-state index in [1.165, 1.54) is 12.1 Å². The van der Waals surface area contributed by atoms with Crippen molar-refractivity contribution in [3.8, 4) is 0 Å². The van der Waals surface area contributed by atoms with E-state index in [9.17, 15) is 9.18 Å². The maximum atomic E-state index is 12.9. The number of benzene rings is 1. The minimum Gasteiger partial charge on any atom is -0.293 e. The van der Waals surface area contributed by atoms with Gasteiger partial charge < -0.3 is 0 Å². The summed E-state index contributed by atoms with van der Waals surface area (Å²) in [5.41, 5.74) is 0.569. The molecule has 0 bridgehead atoms. The number of likely N-dealkylation sites (N-methyl/N-ethyl adjacent to an activating group) is 1. The summed E-state index contributed by atoms with van der Waals surface area (Å²) in [6.45, 7) is 4.04. The van der Waals surface area contributed by atoms with Crippen molar-refractivity contribution >= 4 is 17.5 Å². The third-order valence-electron chi connectivity index (χ3n) is 3.53. The molecule has 0 aliphatic carbocycles. The molecular weight excluding hydrogens is 261 g/mol. The van der Waals surface area contributed by atoms with Crippen LogP contribution in [-0.4, -0.2) is 41.8 Å². The number of carbonyl (C=O) groups is 1. The summed E-state index contributed by atoms with van der Waals surface area (Å²) in [6.07, 6.45) is 3.08. The van der Waals surface area contributed by atoms with Crippen LogP contribution in [0, 0.1) is 5.82 Å². The molecule has 0 N–H and O–H groups in total. The van der Waals surface area contributed by atoms with Crippen molar-refractivity contribution in [3.63, 3.8) is 0 Å². The van der Waals surface area contributed by atoms with Crippen LogP contribution in [0.15, 0.2) is 24.3 Å². The Morgan fingerprint density at radius 2 is 1.95 bits per heavy atom. The molecule has 0 radical (unpaired) electrons. The van der Waals surface area contributed by atoms with Gasteiger partial charge in [0.15, 0.2) is 5.78 Å². The SMILES string of the molecule is CCC(CSC)N(C)C(C)C(=O)c1ccc(F)cc1. The molecule has 0 heterocycles. The Morgan fingerprint density at radius 3 is 2.42 bits per heavy atom. The molecule has 0 fully saturated rings. The summed E-state index contributed by atoms with van der Waals surface area (Å²) >= 11 is 1.79. The molecule has 0 aliphatic rings. The predicted molar refractivity (Wildman–Crippen MR) is 80.4 cm³/mol. The molecule has 4 heteroatoms. The van der Waals surface area contributed by atoms with Crippen LogP contribution in [0.1, 0.15) is 30.6 Å². The van der Waals surface area contributed by atoms with Crippen LogP contribution in [0.25, 0.3) is 0 Å². The second-order valence-corrected chi connectivity index (χ2v) is 5.64. The van der Waals surface area contributed by atoms with Crippen LogP contribution in [0.4, 0.5) is 4.39 Å². The third kappa shape index (κ3) is 4.32. The molecule has 106 valence electrons. The summed E-state index contributed by atoms with van der Waals surface area (Å²) in [5, 5.41) is 0. The number of halogens is 1. The van der Waals surface area contributed by atoms with E-state index in [1.54, 1.807) is 23.9 Å². The van der Waals surface area contributed by atoms with Crippen LogP contribution in [-0.2, 0) is 0 Å². The molecule has 1 rings (SSSR count). The largest absolute Gasteiger partial charge is 0.293 e. The van der Waals surface area contributed by atoms with Gasteiger partial charge in [-0.25, -0.2) is 4.39 Å². The lowest BCUT2D eigenvalue weighted by molar-refractivity contribution is 0.0827. The van der Waals surface area contributed by atoms with Gasteiger partial charge in [0, 0.05) is 17.4 Å². The van der Waals surface area contributed by atoms with Crippen LogP contribution in [0.3, 0.4) is 0 Å². The maximum Gasteiger partial charge on any atom is 0.179 e. The molecule has 0 saturated heterocycles. The van der Waals surface area contributed by atoms with E-state index in [0.29, 0.717) is 11.6 Å². The number of carbonyl (C=O) groups excluding carboxylic acids is 1. The second-order valence-electron chi connectivity index (χ2n) is 4.73. The van der Waals surface area contributed by atoms with Crippen LogP contribution in [0.2, 0.25) is 0 Å². The Labute approximate surface area is 119 Å². The molecule has 1 aromatic carbocycles. The molecular formula is C15H22FNOS. The fourth-order valence-corrected chi connectivity index (χ4v) is 2.93. The summed E-state index contributed by atoms with van der Waals surface area (Å²) in [7, 11) is 1.98. The van der Waals surface area contributed by atoms with E-state index < -0.39 is 0 Å². The van der Waals surface area contributed by atoms with E-state index in [2.05, 4.69) is 18.1 Å². The number of Topliss-reactive ketones (excluding diaryl/α,β-unsaturated/α-hetero) is 1. The Bertz CT molecular complexity index is 407. The van der Waals surface area contributed by atoms with Crippen molar-refractivity contribution in [2.45, 2.75) is 32.4 Å². The topological polar surface area (TPSA) is 20.3 Å². The number of thioether (sulfide) groups is 1. The number of hydrogen-bond donors (Lipinski definition) is 0. The normalized spacial score (nSPS) is 14.4. The smallest absolute Gasteiger partial charge is 0.179 e. The van der Waals surface area contributed by atoms with Crippen molar-refractivity contribution in [3.05, 3.63) is 35.6 Å². The molecule has 0 aromatic heterocycles. The molecule has 0 aliphatic heterocycles. The van der Waals surface area contributed by atoms with E-state index >= 15 is 0 Å². The summed E-state index contributed by atoms with van der Waals surface area (Å²) in [5.74, 6) is 0.738. The van der Waals surface area contributed by atoms with Gasteiger partial charge in [0.05, 0.1) is 6.04 Å². The minimum atomic E-state index is -0.314. The highest BCUT2D eigenvalue weighted by Gasteiger charge is 2.24. The van der Waals surface area contributed by atoms with E-state index in [1.807, 2.05) is 14.0 Å². The van der Waals surface area contributed by atoms with Crippen LogP contribution >= 0.6 is 11.8 Å². The lowest BCUT2D eigenvalue weighted by atomic mass is 10.0. The first-order chi connectivity index (χ1) is 9.01. The van der Waals surface area contributed by atoms with Crippen molar-refractivity contribution in [2.75, 3.05) is 19.1 Å². The highest BCUT2D eigenvalue weighted by molar-refractivity contribution is 7.98. The molecule has 19 heavy (non-hydrogen) atoms. The Kier molecular flexibility index (Phi) is 6.52. The average Bonchev–Trinajstić information content (AvgIpc) is 2.43. The van der Waals surface area contributed by atoms with Crippen molar-refractivity contribution in [2.24, 2.45) is 0 Å². The maximum absolute atomic E-state index is 12.9. The van der Waals surface area contributed by atoms with E-state index in [-0.39, 0.29) is 17.6 Å². The summed E-state index contributed by atoms with van der Waals surface area (Å²) in [4.78, 5) is 14.5. The van der Waals surface area contributed by atoms with Crippen molar-refractivity contribution in [1.29, 1.82) is 0 Å². The first kappa shape index (κ1) is 16.2. The lowest BCUT2D eigenvalue weighted by Gasteiger charge is -2.31. The Morgan fingerprint density at radius 1 is 1.37 bits per heavy atom. The van der Waals surface area contributed by atoms with E-state index in [4.69, 9.17) is 0 Å². The van der Waals surface area contributed by atoms with Crippen LogP contribution in [0.5, 0.6) is 0 Å². The average molecular weight is 283 g/mol. The highest BCUT2D eigenvalue weighted by Crippen LogP contribution is 2.15. The first-order valence-electron chi connectivity index (χ1n) is 6.51. The van der Waals surface area contributed by atoms with Gasteiger partial charge in [-0.1, -0.05) is 6.92 Å². The quantitative estimate of drug-likeness (QED) is 0.715. The standard InChI is InChI=1S/C15H22FNOS/c1-5-14(10-19-4)17(3)11(2)15(18)12-6-8-13(16)9-7-12/h6-9,11,14H,5,10H2,1-4H3. The molecule has 0 amide bonds. The van der Waals surface area contributed by atoms with Gasteiger partial charge >= 0.3 is 0 Å². The van der Waals surface area contributed by atoms with Gasteiger partial charge in [0.25, 0.3) is 0 Å². The fourth-order valence-electron chi connectivity index (χ4n) is 2.07. The third-order valence-corrected chi connectivity index (χ3v) is 4.24.